The van der Waals surface area contributed by atoms with E-state index in [-0.39, 0.29) is 0 Å². The lowest BCUT2D eigenvalue weighted by atomic mass is 9.89. The molecule has 100 valence electrons. The highest BCUT2D eigenvalue weighted by Gasteiger charge is 2.32. The Morgan fingerprint density at radius 3 is 2.74 bits per heavy atom. The lowest BCUT2D eigenvalue weighted by Gasteiger charge is -2.16. The van der Waals surface area contributed by atoms with Gasteiger partial charge in [-0.05, 0) is 24.1 Å². The smallest absolute Gasteiger partial charge is 0.0492 e. The molecule has 0 amide bonds. The number of hydrogen-bond donors (Lipinski definition) is 2. The van der Waals surface area contributed by atoms with Crippen molar-refractivity contribution in [1.29, 1.82) is 0 Å². The summed E-state index contributed by atoms with van der Waals surface area (Å²) in [6, 6.07) is 12.8. The number of nitrogens with one attached hydrogen (secondary N) is 1. The normalized spacial score (nSPS) is 23.8. The second-order valence-corrected chi connectivity index (χ2v) is 5.29. The fourth-order valence-electron chi connectivity index (χ4n) is 3.02. The van der Waals surface area contributed by atoms with E-state index in [1.165, 1.54) is 11.3 Å². The molecule has 4 heteroatoms. The first-order valence-electron chi connectivity index (χ1n) is 6.82. The Morgan fingerprint density at radius 2 is 2.05 bits per heavy atom. The molecule has 0 unspecified atom stereocenters. The Labute approximate surface area is 113 Å². The van der Waals surface area contributed by atoms with Crippen LogP contribution in [0.5, 0.6) is 0 Å². The van der Waals surface area contributed by atoms with Crippen molar-refractivity contribution in [2.75, 3.05) is 19.6 Å². The van der Waals surface area contributed by atoms with Crippen LogP contribution in [0.1, 0.15) is 17.2 Å². The summed E-state index contributed by atoms with van der Waals surface area (Å²) in [5.74, 6) is 1.10. The summed E-state index contributed by atoms with van der Waals surface area (Å²) in [5, 5.41) is 7.03. The van der Waals surface area contributed by atoms with Gasteiger partial charge in [0.1, 0.15) is 0 Å². The first-order valence-corrected chi connectivity index (χ1v) is 6.82. The van der Waals surface area contributed by atoms with Gasteiger partial charge in [-0.1, -0.05) is 30.3 Å². The van der Waals surface area contributed by atoms with Gasteiger partial charge in [0.2, 0.25) is 0 Å². The van der Waals surface area contributed by atoms with E-state index in [0.29, 0.717) is 11.8 Å². The van der Waals surface area contributed by atoms with Crippen LogP contribution in [-0.2, 0) is 6.54 Å². The van der Waals surface area contributed by atoms with E-state index in [0.717, 1.165) is 26.2 Å². The largest absolute Gasteiger partial charge is 0.330 e. The van der Waals surface area contributed by atoms with Gasteiger partial charge in [-0.2, -0.15) is 5.10 Å². The molecule has 2 aromatic rings. The molecule has 0 radical (unpaired) electrons. The summed E-state index contributed by atoms with van der Waals surface area (Å²) in [5.41, 5.74) is 8.53. The Hall–Kier alpha value is -1.65. The van der Waals surface area contributed by atoms with Crippen molar-refractivity contribution >= 4 is 0 Å². The SMILES string of the molecule is NC[C@@H]1CN(Cc2ccn[nH]2)C[C@H]1c1ccccc1. The molecule has 2 atom stereocenters. The van der Waals surface area contributed by atoms with Crippen LogP contribution in [0.3, 0.4) is 0 Å². The van der Waals surface area contributed by atoms with E-state index in [1.54, 1.807) is 6.20 Å². The van der Waals surface area contributed by atoms with Gasteiger partial charge in [-0.25, -0.2) is 0 Å². The van der Waals surface area contributed by atoms with Crippen molar-refractivity contribution in [2.24, 2.45) is 11.7 Å². The number of hydrogen-bond acceptors (Lipinski definition) is 3. The maximum absolute atomic E-state index is 5.95. The second-order valence-electron chi connectivity index (χ2n) is 5.29. The van der Waals surface area contributed by atoms with Crippen LogP contribution in [0.25, 0.3) is 0 Å². The van der Waals surface area contributed by atoms with Crippen LogP contribution < -0.4 is 5.73 Å². The summed E-state index contributed by atoms with van der Waals surface area (Å²) in [7, 11) is 0. The van der Waals surface area contributed by atoms with E-state index in [2.05, 4.69) is 45.4 Å². The highest BCUT2D eigenvalue weighted by Crippen LogP contribution is 2.32. The molecule has 2 heterocycles. The van der Waals surface area contributed by atoms with Crippen molar-refractivity contribution < 1.29 is 0 Å². The minimum Gasteiger partial charge on any atom is -0.330 e. The van der Waals surface area contributed by atoms with E-state index < -0.39 is 0 Å². The molecule has 1 aliphatic rings. The standard InChI is InChI=1S/C15H20N4/c16-8-13-9-19(10-14-6-7-17-18-14)11-15(13)12-4-2-1-3-5-12/h1-7,13,15H,8-11,16H2,(H,17,18)/t13-,15+/m1/s1. The molecule has 0 spiro atoms. The summed E-state index contributed by atoms with van der Waals surface area (Å²) in [4.78, 5) is 2.46. The fraction of sp³-hybridized carbons (Fsp3) is 0.400. The van der Waals surface area contributed by atoms with Gasteiger partial charge < -0.3 is 5.73 Å². The number of aromatic nitrogens is 2. The average molecular weight is 256 g/mol. The van der Waals surface area contributed by atoms with Crippen molar-refractivity contribution in [2.45, 2.75) is 12.5 Å². The Morgan fingerprint density at radius 1 is 1.21 bits per heavy atom. The zero-order chi connectivity index (χ0) is 13.1. The number of nitrogens with two attached hydrogens (primary N) is 1. The number of rotatable bonds is 4. The van der Waals surface area contributed by atoms with Crippen molar-refractivity contribution in [3.63, 3.8) is 0 Å². The molecule has 1 aromatic heterocycles. The minimum absolute atomic E-state index is 0.547. The minimum atomic E-state index is 0.547. The molecular weight excluding hydrogens is 236 g/mol. The predicted octanol–water partition coefficient (Wildman–Crippen LogP) is 1.58. The van der Waals surface area contributed by atoms with Gasteiger partial charge in [0, 0.05) is 37.4 Å². The Kier molecular flexibility index (Phi) is 3.62. The summed E-state index contributed by atoms with van der Waals surface area (Å²) >= 11 is 0. The summed E-state index contributed by atoms with van der Waals surface area (Å²) in [6.45, 7) is 3.82. The molecule has 3 rings (SSSR count). The van der Waals surface area contributed by atoms with E-state index in [9.17, 15) is 0 Å². The molecule has 1 saturated heterocycles. The zero-order valence-electron chi connectivity index (χ0n) is 11.0. The number of H-pyrrole nitrogens is 1. The van der Waals surface area contributed by atoms with Gasteiger partial charge in [0.15, 0.2) is 0 Å². The highest BCUT2D eigenvalue weighted by atomic mass is 15.2. The molecule has 0 bridgehead atoms. The van der Waals surface area contributed by atoms with Crippen LogP contribution in [0.2, 0.25) is 0 Å². The van der Waals surface area contributed by atoms with Gasteiger partial charge >= 0.3 is 0 Å². The third kappa shape index (κ3) is 2.69. The van der Waals surface area contributed by atoms with Crippen LogP contribution in [0.15, 0.2) is 42.6 Å². The van der Waals surface area contributed by atoms with Crippen LogP contribution in [0.4, 0.5) is 0 Å². The Balaban J connectivity index is 1.72. The third-order valence-electron chi connectivity index (χ3n) is 4.00. The van der Waals surface area contributed by atoms with Crippen LogP contribution >= 0.6 is 0 Å². The average Bonchev–Trinajstić information content (AvgIpc) is 3.09. The molecule has 3 N–H and O–H groups in total. The molecular formula is C15H20N4. The van der Waals surface area contributed by atoms with Gasteiger partial charge in [-0.15, -0.1) is 0 Å². The van der Waals surface area contributed by atoms with Gasteiger partial charge in [0.05, 0.1) is 0 Å². The maximum Gasteiger partial charge on any atom is 0.0492 e. The van der Waals surface area contributed by atoms with Crippen molar-refractivity contribution in [1.82, 2.24) is 15.1 Å². The quantitative estimate of drug-likeness (QED) is 0.873. The summed E-state index contributed by atoms with van der Waals surface area (Å²) in [6.07, 6.45) is 1.81. The monoisotopic (exact) mass is 256 g/mol. The molecule has 19 heavy (non-hydrogen) atoms. The number of benzene rings is 1. The fourth-order valence-corrected chi connectivity index (χ4v) is 3.02. The first kappa shape index (κ1) is 12.4. The molecule has 4 nitrogen and oxygen atoms in total. The van der Waals surface area contributed by atoms with E-state index in [1.807, 2.05) is 6.07 Å². The number of aromatic amines is 1. The number of likely N-dealkylation sites (tertiary alicyclic amines) is 1. The molecule has 0 saturated carbocycles. The van der Waals surface area contributed by atoms with Gasteiger partial charge in [-0.3, -0.25) is 10.00 Å². The third-order valence-corrected chi connectivity index (χ3v) is 4.00. The first-order chi connectivity index (χ1) is 9.36. The molecule has 1 aromatic carbocycles. The highest BCUT2D eigenvalue weighted by molar-refractivity contribution is 5.22. The van der Waals surface area contributed by atoms with Crippen LogP contribution in [0, 0.1) is 5.92 Å². The zero-order valence-corrected chi connectivity index (χ0v) is 11.0. The molecule has 0 aliphatic carbocycles. The van der Waals surface area contributed by atoms with E-state index >= 15 is 0 Å². The predicted molar refractivity (Wildman–Crippen MR) is 75.6 cm³/mol. The Bertz CT molecular complexity index is 494. The van der Waals surface area contributed by atoms with E-state index in [4.69, 9.17) is 5.73 Å². The molecule has 1 aliphatic heterocycles. The number of nitrogens with zero attached hydrogens (tertiary/aromatic N) is 2. The topological polar surface area (TPSA) is 57.9 Å². The summed E-state index contributed by atoms with van der Waals surface area (Å²) < 4.78 is 0. The maximum atomic E-state index is 5.95. The lowest BCUT2D eigenvalue weighted by molar-refractivity contribution is 0.313. The van der Waals surface area contributed by atoms with Crippen molar-refractivity contribution in [3.05, 3.63) is 53.9 Å². The molecule has 1 fully saturated rings. The van der Waals surface area contributed by atoms with Gasteiger partial charge in [0.25, 0.3) is 0 Å². The van der Waals surface area contributed by atoms with Crippen molar-refractivity contribution in [3.8, 4) is 0 Å². The lowest BCUT2D eigenvalue weighted by Crippen LogP contribution is -2.23. The van der Waals surface area contributed by atoms with Crippen LogP contribution in [-0.4, -0.2) is 34.7 Å². The second kappa shape index (κ2) is 5.55.